The fraction of sp³-hybridized carbons (Fsp3) is 0.167. The summed E-state index contributed by atoms with van der Waals surface area (Å²) in [6.45, 7) is 3.43. The van der Waals surface area contributed by atoms with Gasteiger partial charge in [-0.2, -0.15) is 0 Å². The molecule has 0 bridgehead atoms. The Morgan fingerprint density at radius 2 is 1.78 bits per heavy atom. The molecular weight excluding hydrogens is 246 g/mol. The van der Waals surface area contributed by atoms with E-state index in [9.17, 15) is 18.4 Å². The molecule has 0 heterocycles. The molecule has 0 unspecified atom stereocenters. The summed E-state index contributed by atoms with van der Waals surface area (Å²) in [5, 5.41) is 17.4. The molecule has 1 aromatic rings. The molecule has 0 saturated carbocycles. The van der Waals surface area contributed by atoms with Gasteiger partial charge in [-0.3, -0.25) is 9.59 Å². The van der Waals surface area contributed by atoms with E-state index in [1.165, 1.54) is 0 Å². The molecule has 2 N–H and O–H groups in total. The highest BCUT2D eigenvalue weighted by Crippen LogP contribution is 2.24. The molecule has 0 aromatic heterocycles. The highest BCUT2D eigenvalue weighted by Gasteiger charge is 2.27. The highest BCUT2D eigenvalue weighted by atomic mass is 19.1. The Balaban J connectivity index is 2.94. The lowest BCUT2D eigenvalue weighted by Gasteiger charge is -2.11. The van der Waals surface area contributed by atoms with Crippen molar-refractivity contribution in [2.75, 3.05) is 0 Å². The summed E-state index contributed by atoms with van der Waals surface area (Å²) in [7, 11) is 0. The molecule has 0 atom stereocenters. The van der Waals surface area contributed by atoms with Crippen LogP contribution in [0.15, 0.2) is 24.8 Å². The summed E-state index contributed by atoms with van der Waals surface area (Å²) in [6, 6.07) is 2.70. The van der Waals surface area contributed by atoms with Crippen LogP contribution in [-0.4, -0.2) is 22.2 Å². The third kappa shape index (κ3) is 3.13. The number of aliphatic carboxylic acids is 2. The summed E-state index contributed by atoms with van der Waals surface area (Å²) in [4.78, 5) is 21.3. The van der Waals surface area contributed by atoms with Crippen molar-refractivity contribution < 1.29 is 28.6 Å². The van der Waals surface area contributed by atoms with Crippen molar-refractivity contribution in [3.63, 3.8) is 0 Å². The lowest BCUT2D eigenvalue weighted by atomic mass is 9.95. The van der Waals surface area contributed by atoms with Gasteiger partial charge in [-0.05, 0) is 24.1 Å². The third-order valence-corrected chi connectivity index (χ3v) is 2.36. The minimum atomic E-state index is -1.71. The van der Waals surface area contributed by atoms with Gasteiger partial charge in [0.15, 0.2) is 5.92 Å². The van der Waals surface area contributed by atoms with E-state index in [1.54, 1.807) is 0 Å². The summed E-state index contributed by atoms with van der Waals surface area (Å²) < 4.78 is 26.0. The number of benzene rings is 1. The zero-order valence-corrected chi connectivity index (χ0v) is 9.19. The number of allylic oxidation sites excluding steroid dienone is 1. The lowest BCUT2D eigenvalue weighted by Crippen LogP contribution is -2.23. The molecule has 4 nitrogen and oxygen atoms in total. The molecule has 18 heavy (non-hydrogen) atoms. The predicted molar refractivity (Wildman–Crippen MR) is 58.8 cm³/mol. The number of halogens is 2. The van der Waals surface area contributed by atoms with Gasteiger partial charge in [0.25, 0.3) is 0 Å². The zero-order chi connectivity index (χ0) is 13.9. The van der Waals surface area contributed by atoms with Crippen molar-refractivity contribution in [3.8, 4) is 0 Å². The number of hydrogen-bond acceptors (Lipinski definition) is 2. The first-order chi connectivity index (χ1) is 8.32. The van der Waals surface area contributed by atoms with Crippen molar-refractivity contribution in [2.24, 2.45) is 5.92 Å². The van der Waals surface area contributed by atoms with Crippen LogP contribution < -0.4 is 0 Å². The summed E-state index contributed by atoms with van der Waals surface area (Å²) in [6.07, 6.45) is -0.451. The van der Waals surface area contributed by atoms with Gasteiger partial charge in [0.1, 0.15) is 11.6 Å². The molecule has 0 aliphatic heterocycles. The van der Waals surface area contributed by atoms with Gasteiger partial charge in [0.05, 0.1) is 0 Å². The van der Waals surface area contributed by atoms with Gasteiger partial charge >= 0.3 is 11.9 Å². The number of rotatable bonds is 5. The molecule has 0 amide bonds. The largest absolute Gasteiger partial charge is 0.481 e. The quantitative estimate of drug-likeness (QED) is 0.791. The van der Waals surface area contributed by atoms with Gasteiger partial charge in [0, 0.05) is 11.6 Å². The van der Waals surface area contributed by atoms with Gasteiger partial charge in [-0.25, -0.2) is 8.78 Å². The van der Waals surface area contributed by atoms with E-state index in [0.717, 1.165) is 12.1 Å². The average Bonchev–Trinajstić information content (AvgIpc) is 2.24. The number of carboxylic acids is 2. The van der Waals surface area contributed by atoms with Crippen LogP contribution in [-0.2, 0) is 9.59 Å². The van der Waals surface area contributed by atoms with Crippen molar-refractivity contribution >= 4 is 17.5 Å². The minimum absolute atomic E-state index is 0.0118. The predicted octanol–water partition coefficient (Wildman–Crippen LogP) is 2.15. The topological polar surface area (TPSA) is 74.6 Å². The monoisotopic (exact) mass is 256 g/mol. The second-order valence-electron chi connectivity index (χ2n) is 3.66. The number of hydrogen-bond donors (Lipinski definition) is 2. The molecule has 1 aromatic carbocycles. The molecule has 0 aliphatic carbocycles. The Morgan fingerprint density at radius 1 is 1.22 bits per heavy atom. The molecule has 0 aliphatic rings. The van der Waals surface area contributed by atoms with E-state index in [-0.39, 0.29) is 11.1 Å². The van der Waals surface area contributed by atoms with E-state index >= 15 is 0 Å². The Labute approximate surface area is 101 Å². The maximum atomic E-state index is 13.4. The summed E-state index contributed by atoms with van der Waals surface area (Å²) in [5.74, 6) is -6.47. The normalized spacial score (nSPS) is 10.4. The van der Waals surface area contributed by atoms with Gasteiger partial charge < -0.3 is 10.2 Å². The second-order valence-corrected chi connectivity index (χ2v) is 3.66. The maximum Gasteiger partial charge on any atom is 0.318 e. The highest BCUT2D eigenvalue weighted by molar-refractivity contribution is 5.94. The Kier molecular flexibility index (Phi) is 4.14. The third-order valence-electron chi connectivity index (χ3n) is 2.36. The molecule has 0 radical (unpaired) electrons. The molecule has 6 heteroatoms. The van der Waals surface area contributed by atoms with Crippen LogP contribution in [0, 0.1) is 17.6 Å². The van der Waals surface area contributed by atoms with Crippen LogP contribution in [0.25, 0.3) is 5.57 Å². The molecule has 0 fully saturated rings. The minimum Gasteiger partial charge on any atom is -0.481 e. The first kappa shape index (κ1) is 13.8. The van der Waals surface area contributed by atoms with E-state index in [4.69, 9.17) is 10.2 Å². The van der Waals surface area contributed by atoms with Crippen molar-refractivity contribution in [1.82, 2.24) is 0 Å². The van der Waals surface area contributed by atoms with Crippen LogP contribution in [0.4, 0.5) is 8.78 Å². The average molecular weight is 256 g/mol. The smallest absolute Gasteiger partial charge is 0.318 e. The molecule has 0 saturated heterocycles. The lowest BCUT2D eigenvalue weighted by molar-refractivity contribution is -0.154. The van der Waals surface area contributed by atoms with Crippen molar-refractivity contribution in [1.29, 1.82) is 0 Å². The maximum absolute atomic E-state index is 13.4. The van der Waals surface area contributed by atoms with E-state index in [1.807, 2.05) is 0 Å². The van der Waals surface area contributed by atoms with Crippen LogP contribution >= 0.6 is 0 Å². The number of carboxylic acid groups (broad SMARTS) is 2. The standard InChI is InChI=1S/C12H10F2O4/c1-6(4-9(11(15)16)12(17)18)8-3-2-7(13)5-10(8)14/h2-3,5,9H,1,4H2,(H,15,16)(H,17,18). The van der Waals surface area contributed by atoms with Gasteiger partial charge in [0.2, 0.25) is 0 Å². The van der Waals surface area contributed by atoms with Crippen LogP contribution in [0.5, 0.6) is 0 Å². The fourth-order valence-corrected chi connectivity index (χ4v) is 1.41. The van der Waals surface area contributed by atoms with Crippen LogP contribution in [0.3, 0.4) is 0 Å². The molecule has 0 spiro atoms. The second kappa shape index (κ2) is 5.39. The van der Waals surface area contributed by atoms with Crippen LogP contribution in [0.2, 0.25) is 0 Å². The fourth-order valence-electron chi connectivity index (χ4n) is 1.41. The van der Waals surface area contributed by atoms with E-state index in [2.05, 4.69) is 6.58 Å². The number of carbonyl (C=O) groups is 2. The molecule has 1 rings (SSSR count). The van der Waals surface area contributed by atoms with E-state index in [0.29, 0.717) is 6.07 Å². The van der Waals surface area contributed by atoms with Crippen molar-refractivity contribution in [2.45, 2.75) is 6.42 Å². The molecular formula is C12H10F2O4. The first-order valence-electron chi connectivity index (χ1n) is 4.91. The summed E-state index contributed by atoms with van der Waals surface area (Å²) in [5.41, 5.74) is -0.105. The van der Waals surface area contributed by atoms with Crippen molar-refractivity contribution in [3.05, 3.63) is 42.0 Å². The SMILES string of the molecule is C=C(CC(C(=O)O)C(=O)O)c1ccc(F)cc1F. The van der Waals surface area contributed by atoms with E-state index < -0.39 is 35.9 Å². The Hall–Kier alpha value is -2.24. The Morgan fingerprint density at radius 3 is 2.22 bits per heavy atom. The zero-order valence-electron chi connectivity index (χ0n) is 9.19. The Bertz CT molecular complexity index is 497. The van der Waals surface area contributed by atoms with Crippen LogP contribution in [0.1, 0.15) is 12.0 Å². The molecule has 96 valence electrons. The summed E-state index contributed by atoms with van der Waals surface area (Å²) >= 11 is 0. The van der Waals surface area contributed by atoms with Gasteiger partial charge in [-0.1, -0.05) is 6.58 Å². The first-order valence-corrected chi connectivity index (χ1v) is 4.91. The van der Waals surface area contributed by atoms with Gasteiger partial charge in [-0.15, -0.1) is 0 Å².